The van der Waals surface area contributed by atoms with Gasteiger partial charge in [0.25, 0.3) is 0 Å². The summed E-state index contributed by atoms with van der Waals surface area (Å²) in [5.41, 5.74) is 0. The Kier molecular flexibility index (Phi) is 4.71. The van der Waals surface area contributed by atoms with E-state index in [2.05, 4.69) is 4.89 Å². The third kappa shape index (κ3) is 2.72. The molecule has 12 heavy (non-hydrogen) atoms. The van der Waals surface area contributed by atoms with Gasteiger partial charge in [0, 0.05) is 0 Å². The predicted octanol–water partition coefficient (Wildman–Crippen LogP) is -2.92. The summed E-state index contributed by atoms with van der Waals surface area (Å²) in [7, 11) is 0. The number of carbonyl (C=O) groups excluding carboxylic acids is 1. The molecule has 72 valence electrons. The number of hydrogen-bond acceptors (Lipinski definition) is 7. The summed E-state index contributed by atoms with van der Waals surface area (Å²) in [6.45, 7) is -0.822. The van der Waals surface area contributed by atoms with Gasteiger partial charge in [0.05, 0.1) is 6.61 Å². The summed E-state index contributed by atoms with van der Waals surface area (Å²) in [5, 5.41) is 42.3. The quantitative estimate of drug-likeness (QED) is 0.233. The fourth-order valence-electron chi connectivity index (χ4n) is 0.512. The molecule has 5 N–H and O–H groups in total. The maximum Gasteiger partial charge on any atom is 0.373 e. The average molecular weight is 182 g/mol. The zero-order valence-electron chi connectivity index (χ0n) is 5.99. The highest BCUT2D eigenvalue weighted by molar-refractivity contribution is 5.74. The van der Waals surface area contributed by atoms with E-state index >= 15 is 0 Å². The molecule has 0 aromatic heterocycles. The second-order valence-electron chi connectivity index (χ2n) is 2.10. The number of aliphatic hydroxyl groups is 4. The van der Waals surface area contributed by atoms with Crippen molar-refractivity contribution in [3.63, 3.8) is 0 Å². The minimum Gasteiger partial charge on any atom is -0.394 e. The molecule has 0 rings (SSSR count). The lowest BCUT2D eigenvalue weighted by Gasteiger charge is -2.18. The Morgan fingerprint density at radius 3 is 2.17 bits per heavy atom. The maximum absolute atomic E-state index is 10.3. The molecule has 0 aliphatic carbocycles. The van der Waals surface area contributed by atoms with Gasteiger partial charge >= 0.3 is 5.97 Å². The minimum absolute atomic E-state index is 0.822. The minimum atomic E-state index is -2.09. The number of aliphatic hydroxyl groups excluding tert-OH is 4. The van der Waals surface area contributed by atoms with Crippen molar-refractivity contribution in [1.29, 1.82) is 0 Å². The molecular weight excluding hydrogens is 172 g/mol. The van der Waals surface area contributed by atoms with Crippen LogP contribution in [0.25, 0.3) is 0 Å². The molecule has 0 fully saturated rings. The summed E-state index contributed by atoms with van der Waals surface area (Å²) in [6, 6.07) is 0. The Hall–Kier alpha value is -0.730. The third-order valence-electron chi connectivity index (χ3n) is 1.24. The second kappa shape index (κ2) is 5.01. The molecule has 0 unspecified atom stereocenters. The van der Waals surface area contributed by atoms with Gasteiger partial charge in [-0.2, -0.15) is 5.26 Å². The lowest BCUT2D eigenvalue weighted by molar-refractivity contribution is -0.248. The SMILES string of the molecule is O=C(OO)[C@H](O)[C@@H](O)[C@H](O)CO. The molecule has 0 aromatic carbocycles. The van der Waals surface area contributed by atoms with Crippen molar-refractivity contribution in [2.24, 2.45) is 0 Å². The number of rotatable bonds is 4. The molecule has 0 amide bonds. The van der Waals surface area contributed by atoms with Crippen molar-refractivity contribution in [3.8, 4) is 0 Å². The van der Waals surface area contributed by atoms with E-state index in [1.165, 1.54) is 0 Å². The Balaban J connectivity index is 4.08. The van der Waals surface area contributed by atoms with Gasteiger partial charge in [-0.05, 0) is 0 Å². The Morgan fingerprint density at radius 1 is 1.33 bits per heavy atom. The first kappa shape index (κ1) is 11.3. The first-order valence-electron chi connectivity index (χ1n) is 3.05. The highest BCUT2D eigenvalue weighted by Crippen LogP contribution is 2.01. The predicted molar refractivity (Wildman–Crippen MR) is 33.8 cm³/mol. The van der Waals surface area contributed by atoms with Gasteiger partial charge in [-0.25, -0.2) is 4.79 Å². The van der Waals surface area contributed by atoms with Gasteiger partial charge in [-0.1, -0.05) is 0 Å². The Bertz CT molecular complexity index is 147. The van der Waals surface area contributed by atoms with Crippen molar-refractivity contribution in [2.45, 2.75) is 18.3 Å². The summed E-state index contributed by atoms with van der Waals surface area (Å²) >= 11 is 0. The van der Waals surface area contributed by atoms with Gasteiger partial charge in [0.15, 0.2) is 6.10 Å². The largest absolute Gasteiger partial charge is 0.394 e. The van der Waals surface area contributed by atoms with E-state index in [9.17, 15) is 4.79 Å². The maximum atomic E-state index is 10.3. The van der Waals surface area contributed by atoms with Crippen molar-refractivity contribution in [3.05, 3.63) is 0 Å². The van der Waals surface area contributed by atoms with Gasteiger partial charge < -0.3 is 20.4 Å². The summed E-state index contributed by atoms with van der Waals surface area (Å²) in [4.78, 5) is 13.4. The van der Waals surface area contributed by atoms with Crippen molar-refractivity contribution >= 4 is 5.97 Å². The van der Waals surface area contributed by atoms with Gasteiger partial charge in [-0.15, -0.1) is 0 Å². The zero-order valence-corrected chi connectivity index (χ0v) is 5.99. The summed E-state index contributed by atoms with van der Waals surface area (Å²) in [5.74, 6) is -1.50. The van der Waals surface area contributed by atoms with Gasteiger partial charge in [0.2, 0.25) is 0 Å². The van der Waals surface area contributed by atoms with Crippen LogP contribution in [0.2, 0.25) is 0 Å². The normalized spacial score (nSPS) is 18.1. The fourth-order valence-corrected chi connectivity index (χ4v) is 0.512. The molecule has 0 saturated carbocycles. The fraction of sp³-hybridized carbons (Fsp3) is 0.800. The van der Waals surface area contributed by atoms with Gasteiger partial charge in [0.1, 0.15) is 12.2 Å². The smallest absolute Gasteiger partial charge is 0.373 e. The lowest BCUT2D eigenvalue weighted by atomic mass is 10.1. The van der Waals surface area contributed by atoms with E-state index < -0.39 is 30.9 Å². The highest BCUT2D eigenvalue weighted by atomic mass is 17.1. The molecule has 0 aliphatic rings. The van der Waals surface area contributed by atoms with Crippen LogP contribution in [0.1, 0.15) is 0 Å². The molecular formula is C5H10O7. The molecule has 0 radical (unpaired) electrons. The molecule has 0 saturated heterocycles. The van der Waals surface area contributed by atoms with Crippen LogP contribution in [0.15, 0.2) is 0 Å². The van der Waals surface area contributed by atoms with E-state index in [0.29, 0.717) is 0 Å². The topological polar surface area (TPSA) is 127 Å². The van der Waals surface area contributed by atoms with Crippen LogP contribution < -0.4 is 0 Å². The number of hydrogen-bond donors (Lipinski definition) is 5. The molecule has 7 nitrogen and oxygen atoms in total. The van der Waals surface area contributed by atoms with E-state index in [1.54, 1.807) is 0 Å². The molecule has 3 atom stereocenters. The molecule has 0 spiro atoms. The zero-order chi connectivity index (χ0) is 9.72. The molecule has 0 aliphatic heterocycles. The molecule has 0 aromatic rings. The van der Waals surface area contributed by atoms with Crippen LogP contribution in [0.3, 0.4) is 0 Å². The molecule has 0 bridgehead atoms. The van der Waals surface area contributed by atoms with Crippen molar-refractivity contribution in [1.82, 2.24) is 0 Å². The van der Waals surface area contributed by atoms with Gasteiger partial charge in [-0.3, -0.25) is 4.89 Å². The van der Waals surface area contributed by atoms with Crippen molar-refractivity contribution in [2.75, 3.05) is 6.61 Å². The van der Waals surface area contributed by atoms with Crippen LogP contribution >= 0.6 is 0 Å². The van der Waals surface area contributed by atoms with Crippen LogP contribution in [-0.2, 0) is 9.68 Å². The van der Waals surface area contributed by atoms with E-state index in [0.717, 1.165) is 0 Å². The Morgan fingerprint density at radius 2 is 1.83 bits per heavy atom. The standard InChI is InChI=1S/C5H10O7/c6-1-2(7)3(8)4(9)5(10)12-11/h2-4,6-9,11H,1H2/t2-,3+,4-/m1/s1. The average Bonchev–Trinajstić information content (AvgIpc) is 2.12. The molecule has 0 heterocycles. The summed E-state index contributed by atoms with van der Waals surface area (Å²) in [6.07, 6.45) is -5.65. The molecule has 7 heteroatoms. The summed E-state index contributed by atoms with van der Waals surface area (Å²) < 4.78 is 0. The van der Waals surface area contributed by atoms with E-state index in [-0.39, 0.29) is 0 Å². The first-order chi connectivity index (χ1) is 5.54. The van der Waals surface area contributed by atoms with Crippen LogP contribution in [0.5, 0.6) is 0 Å². The van der Waals surface area contributed by atoms with E-state index in [1.807, 2.05) is 0 Å². The van der Waals surface area contributed by atoms with E-state index in [4.69, 9.17) is 25.7 Å². The van der Waals surface area contributed by atoms with Crippen LogP contribution in [-0.4, -0.2) is 56.6 Å². The second-order valence-corrected chi connectivity index (χ2v) is 2.10. The Labute approximate surface area is 67.4 Å². The monoisotopic (exact) mass is 182 g/mol. The van der Waals surface area contributed by atoms with Crippen LogP contribution in [0, 0.1) is 0 Å². The number of carbonyl (C=O) groups is 1. The first-order valence-corrected chi connectivity index (χ1v) is 3.05. The highest BCUT2D eigenvalue weighted by Gasteiger charge is 2.31. The third-order valence-corrected chi connectivity index (χ3v) is 1.24. The van der Waals surface area contributed by atoms with Crippen LogP contribution in [0.4, 0.5) is 0 Å². The lowest BCUT2D eigenvalue weighted by Crippen LogP contribution is -2.44. The van der Waals surface area contributed by atoms with Crippen molar-refractivity contribution < 1.29 is 35.4 Å².